The van der Waals surface area contributed by atoms with Crippen molar-refractivity contribution in [3.63, 3.8) is 0 Å². The monoisotopic (exact) mass is 465 g/mol. The summed E-state index contributed by atoms with van der Waals surface area (Å²) in [5.74, 6) is 1.41. The first-order chi connectivity index (χ1) is 12.5. The molecule has 9 heteroatoms. The van der Waals surface area contributed by atoms with Crippen LogP contribution in [0.1, 0.15) is 22.2 Å². The van der Waals surface area contributed by atoms with Crippen molar-refractivity contribution in [2.45, 2.75) is 19.3 Å². The van der Waals surface area contributed by atoms with Gasteiger partial charge in [-0.1, -0.05) is 0 Å². The van der Waals surface area contributed by atoms with Crippen molar-refractivity contribution < 1.29 is 23.0 Å². The van der Waals surface area contributed by atoms with Crippen molar-refractivity contribution in [1.82, 2.24) is 5.32 Å². The van der Waals surface area contributed by atoms with Crippen LogP contribution in [0.15, 0.2) is 34.1 Å². The Morgan fingerprint density at radius 2 is 2.12 bits per heavy atom. The molecular formula is C17H18BrF2NO3S2. The van der Waals surface area contributed by atoms with Gasteiger partial charge in [-0.3, -0.25) is 4.79 Å². The second-order valence-electron chi connectivity index (χ2n) is 4.99. The van der Waals surface area contributed by atoms with Crippen LogP contribution in [0, 0.1) is 0 Å². The lowest BCUT2D eigenvalue weighted by Gasteiger charge is -2.12. The van der Waals surface area contributed by atoms with Gasteiger partial charge in [-0.05, 0) is 53.2 Å². The van der Waals surface area contributed by atoms with E-state index in [9.17, 15) is 13.6 Å². The molecule has 4 nitrogen and oxygen atoms in total. The zero-order chi connectivity index (χ0) is 18.9. The molecule has 0 unspecified atom stereocenters. The van der Waals surface area contributed by atoms with Crippen molar-refractivity contribution in [2.24, 2.45) is 0 Å². The zero-order valence-electron chi connectivity index (χ0n) is 14.0. The van der Waals surface area contributed by atoms with Crippen molar-refractivity contribution in [3.8, 4) is 11.5 Å². The third-order valence-corrected chi connectivity index (χ3v) is 5.94. The van der Waals surface area contributed by atoms with E-state index < -0.39 is 6.61 Å². The summed E-state index contributed by atoms with van der Waals surface area (Å²) < 4.78 is 35.6. The largest absolute Gasteiger partial charge is 0.490 e. The molecular weight excluding hydrogens is 448 g/mol. The molecule has 1 aromatic heterocycles. The molecule has 1 heterocycles. The highest BCUT2D eigenvalue weighted by molar-refractivity contribution is 9.11. The normalized spacial score (nSPS) is 10.8. The molecule has 26 heavy (non-hydrogen) atoms. The first kappa shape index (κ1) is 21.0. The van der Waals surface area contributed by atoms with E-state index >= 15 is 0 Å². The Balaban J connectivity index is 1.83. The van der Waals surface area contributed by atoms with E-state index in [0.29, 0.717) is 12.1 Å². The second kappa shape index (κ2) is 10.7. The first-order valence-corrected chi connectivity index (χ1v) is 10.6. The lowest BCUT2D eigenvalue weighted by Crippen LogP contribution is -2.25. The summed E-state index contributed by atoms with van der Waals surface area (Å²) in [5.41, 5.74) is 0.335. The fourth-order valence-electron chi connectivity index (χ4n) is 2.05. The third-order valence-electron chi connectivity index (χ3n) is 3.13. The smallest absolute Gasteiger partial charge is 0.387 e. The highest BCUT2D eigenvalue weighted by Gasteiger charge is 2.14. The number of hydrogen-bond acceptors (Lipinski definition) is 5. The van der Waals surface area contributed by atoms with Crippen molar-refractivity contribution in [2.75, 3.05) is 18.9 Å². The van der Waals surface area contributed by atoms with Crippen LogP contribution >= 0.6 is 39.0 Å². The molecule has 142 valence electrons. The molecule has 2 rings (SSSR count). The molecule has 0 aliphatic rings. The number of carbonyl (C=O) groups excluding carboxylic acids is 1. The quantitative estimate of drug-likeness (QED) is 0.491. The lowest BCUT2D eigenvalue weighted by atomic mass is 10.2. The Morgan fingerprint density at radius 3 is 2.77 bits per heavy atom. The number of alkyl halides is 2. The Labute approximate surface area is 167 Å². The summed E-state index contributed by atoms with van der Waals surface area (Å²) in [5, 5.41) is 2.81. The van der Waals surface area contributed by atoms with Crippen molar-refractivity contribution in [3.05, 3.63) is 44.6 Å². The molecule has 0 saturated carbocycles. The summed E-state index contributed by atoms with van der Waals surface area (Å²) in [4.78, 5) is 13.5. The summed E-state index contributed by atoms with van der Waals surface area (Å²) in [6.07, 6.45) is 0. The van der Waals surface area contributed by atoms with Gasteiger partial charge in [0.15, 0.2) is 11.5 Å². The van der Waals surface area contributed by atoms with Crippen molar-refractivity contribution in [1.29, 1.82) is 0 Å². The molecule has 0 fully saturated rings. The number of halogens is 3. The Bertz CT molecular complexity index is 728. The van der Waals surface area contributed by atoms with Crippen LogP contribution in [0.25, 0.3) is 0 Å². The number of rotatable bonds is 10. The number of amides is 1. The van der Waals surface area contributed by atoms with E-state index in [4.69, 9.17) is 4.74 Å². The van der Waals surface area contributed by atoms with Gasteiger partial charge < -0.3 is 14.8 Å². The molecule has 0 radical (unpaired) electrons. The van der Waals surface area contributed by atoms with Crippen LogP contribution in [-0.2, 0) is 5.75 Å². The van der Waals surface area contributed by atoms with Gasteiger partial charge in [-0.2, -0.15) is 20.5 Å². The Morgan fingerprint density at radius 1 is 1.31 bits per heavy atom. The van der Waals surface area contributed by atoms with Crippen LogP contribution < -0.4 is 14.8 Å². The molecule has 1 amide bonds. The predicted molar refractivity (Wildman–Crippen MR) is 105 cm³/mol. The SMILES string of the molecule is CCOc1cc(C(=O)NCCSCc2ccc(Br)s2)ccc1OC(F)F. The molecule has 0 bridgehead atoms. The number of nitrogens with one attached hydrogen (secondary N) is 1. The fourth-order valence-corrected chi connectivity index (χ4v) is 4.50. The number of benzene rings is 1. The molecule has 0 aliphatic carbocycles. The van der Waals surface area contributed by atoms with E-state index in [1.54, 1.807) is 30.0 Å². The van der Waals surface area contributed by atoms with Crippen LogP contribution in [0.3, 0.4) is 0 Å². The minimum atomic E-state index is -2.95. The Kier molecular flexibility index (Phi) is 8.67. The molecule has 1 N–H and O–H groups in total. The van der Waals surface area contributed by atoms with Crippen molar-refractivity contribution >= 4 is 44.9 Å². The number of hydrogen-bond donors (Lipinski definition) is 1. The maximum absolute atomic E-state index is 12.4. The lowest BCUT2D eigenvalue weighted by molar-refractivity contribution is -0.0514. The minimum absolute atomic E-state index is 0.0870. The second-order valence-corrected chi connectivity index (χ2v) is 8.64. The molecule has 1 aromatic carbocycles. The van der Waals surface area contributed by atoms with E-state index in [1.165, 1.54) is 23.1 Å². The molecule has 0 atom stereocenters. The van der Waals surface area contributed by atoms with E-state index in [1.807, 2.05) is 6.07 Å². The van der Waals surface area contributed by atoms with Crippen LogP contribution in [0.5, 0.6) is 11.5 Å². The highest BCUT2D eigenvalue weighted by atomic mass is 79.9. The maximum Gasteiger partial charge on any atom is 0.387 e. The molecule has 0 spiro atoms. The van der Waals surface area contributed by atoms with Gasteiger partial charge in [0.25, 0.3) is 5.91 Å². The zero-order valence-corrected chi connectivity index (χ0v) is 17.2. The maximum atomic E-state index is 12.4. The van der Waals surface area contributed by atoms with Gasteiger partial charge in [0, 0.05) is 28.5 Å². The predicted octanol–water partition coefficient (Wildman–Crippen LogP) is 5.17. The van der Waals surface area contributed by atoms with Crippen LogP contribution in [-0.4, -0.2) is 31.4 Å². The summed E-state index contributed by atoms with van der Waals surface area (Å²) in [6.45, 7) is -0.438. The number of thioether (sulfide) groups is 1. The standard InChI is InChI=1S/C17H18BrF2NO3S2/c1-2-23-14-9-11(3-5-13(14)24-17(19)20)16(22)21-7-8-25-10-12-4-6-15(18)26-12/h3-6,9,17H,2,7-8,10H2,1H3,(H,21,22). The highest BCUT2D eigenvalue weighted by Crippen LogP contribution is 2.30. The Hall–Kier alpha value is -1.32. The summed E-state index contributed by atoms with van der Waals surface area (Å²) in [7, 11) is 0. The number of ether oxygens (including phenoxy) is 2. The van der Waals surface area contributed by atoms with Gasteiger partial charge in [0.2, 0.25) is 0 Å². The number of thiophene rings is 1. The fraction of sp³-hybridized carbons (Fsp3) is 0.353. The van der Waals surface area contributed by atoms with Crippen LogP contribution in [0.2, 0.25) is 0 Å². The van der Waals surface area contributed by atoms with Gasteiger partial charge in [0.05, 0.1) is 10.4 Å². The third kappa shape index (κ3) is 6.77. The molecule has 2 aromatic rings. The van der Waals surface area contributed by atoms with Gasteiger partial charge in [-0.15, -0.1) is 11.3 Å². The van der Waals surface area contributed by atoms with Gasteiger partial charge in [-0.25, -0.2) is 0 Å². The molecule has 0 aliphatic heterocycles. The van der Waals surface area contributed by atoms with Crippen LogP contribution in [0.4, 0.5) is 8.78 Å². The van der Waals surface area contributed by atoms with E-state index in [-0.39, 0.29) is 24.0 Å². The summed E-state index contributed by atoms with van der Waals surface area (Å²) >= 11 is 6.84. The van der Waals surface area contributed by atoms with E-state index in [0.717, 1.165) is 15.3 Å². The topological polar surface area (TPSA) is 47.6 Å². The average Bonchev–Trinajstić information content (AvgIpc) is 3.01. The summed E-state index contributed by atoms with van der Waals surface area (Å²) in [6, 6.07) is 8.24. The van der Waals surface area contributed by atoms with E-state index in [2.05, 4.69) is 32.0 Å². The molecule has 0 saturated heterocycles. The average molecular weight is 466 g/mol. The minimum Gasteiger partial charge on any atom is -0.490 e. The first-order valence-electron chi connectivity index (χ1n) is 7.81. The van der Waals surface area contributed by atoms with Gasteiger partial charge >= 0.3 is 6.61 Å². The van der Waals surface area contributed by atoms with Gasteiger partial charge in [0.1, 0.15) is 0 Å². The number of carbonyl (C=O) groups is 1.